The second-order valence-corrected chi connectivity index (χ2v) is 15.4. The van der Waals surface area contributed by atoms with Crippen molar-refractivity contribution in [3.05, 3.63) is 198 Å². The van der Waals surface area contributed by atoms with Gasteiger partial charge in [0.05, 0.1) is 5.41 Å². The van der Waals surface area contributed by atoms with Gasteiger partial charge in [-0.25, -0.2) is 0 Å². The molecule has 11 rings (SSSR count). The summed E-state index contributed by atoms with van der Waals surface area (Å²) in [6, 6.07) is 65.5. The number of rotatable bonds is 3. The van der Waals surface area contributed by atoms with Crippen LogP contribution >= 0.6 is 23.1 Å². The van der Waals surface area contributed by atoms with Crippen molar-refractivity contribution in [3.63, 3.8) is 0 Å². The molecule has 0 radical (unpaired) electrons. The molecule has 0 saturated heterocycles. The van der Waals surface area contributed by atoms with Crippen LogP contribution in [0.15, 0.2) is 186 Å². The normalized spacial score (nSPS) is 15.6. The fourth-order valence-electron chi connectivity index (χ4n) is 8.69. The Balaban J connectivity index is 1.22. The average molecular weight is 672 g/mol. The van der Waals surface area contributed by atoms with E-state index in [1.54, 1.807) is 0 Å². The highest BCUT2D eigenvalue weighted by atomic mass is 32.2. The van der Waals surface area contributed by atoms with Gasteiger partial charge in [-0.1, -0.05) is 133 Å². The lowest BCUT2D eigenvalue weighted by Crippen LogP contribution is -2.32. The molecule has 1 aliphatic heterocycles. The van der Waals surface area contributed by atoms with E-state index in [1.807, 2.05) is 23.1 Å². The van der Waals surface area contributed by atoms with Crippen molar-refractivity contribution >= 4 is 71.1 Å². The summed E-state index contributed by atoms with van der Waals surface area (Å²) in [4.78, 5) is 5.08. The Labute approximate surface area is 299 Å². The van der Waals surface area contributed by atoms with Gasteiger partial charge in [0.15, 0.2) is 0 Å². The first-order valence-electron chi connectivity index (χ1n) is 17.1. The van der Waals surface area contributed by atoms with Gasteiger partial charge in [-0.05, 0) is 98.8 Å². The minimum Gasteiger partial charge on any atom is -0.310 e. The maximum Gasteiger partial charge on any atom is 0.0742 e. The zero-order valence-corrected chi connectivity index (χ0v) is 28.6. The number of hydrogen-bond donors (Lipinski definition) is 0. The topological polar surface area (TPSA) is 3.24 Å². The van der Waals surface area contributed by atoms with Crippen molar-refractivity contribution in [1.82, 2.24) is 0 Å². The van der Waals surface area contributed by atoms with Gasteiger partial charge in [-0.15, -0.1) is 11.3 Å². The highest BCUT2D eigenvalue weighted by Gasteiger charge is 2.51. The predicted octanol–water partition coefficient (Wildman–Crippen LogP) is 13.5. The van der Waals surface area contributed by atoms with Gasteiger partial charge in [0.1, 0.15) is 0 Å². The Morgan fingerprint density at radius 3 is 2.00 bits per heavy atom. The number of nitrogens with zero attached hydrogens (tertiary/aromatic N) is 1. The van der Waals surface area contributed by atoms with Crippen LogP contribution in [0.1, 0.15) is 22.3 Å². The van der Waals surface area contributed by atoms with E-state index in [2.05, 4.69) is 181 Å². The molecule has 0 bridgehead atoms. The molecule has 8 aromatic carbocycles. The third-order valence-corrected chi connectivity index (χ3v) is 13.0. The van der Waals surface area contributed by atoms with Crippen LogP contribution in [0.25, 0.3) is 42.1 Å². The molecule has 50 heavy (non-hydrogen) atoms. The Morgan fingerprint density at radius 2 is 1.08 bits per heavy atom. The van der Waals surface area contributed by atoms with Gasteiger partial charge in [-0.3, -0.25) is 0 Å². The summed E-state index contributed by atoms with van der Waals surface area (Å²) in [5.41, 5.74) is 11.0. The number of thiophene rings is 1. The van der Waals surface area contributed by atoms with Gasteiger partial charge < -0.3 is 4.90 Å². The van der Waals surface area contributed by atoms with Crippen LogP contribution in [0.3, 0.4) is 0 Å². The van der Waals surface area contributed by atoms with Crippen molar-refractivity contribution in [1.29, 1.82) is 0 Å². The van der Waals surface area contributed by atoms with Crippen LogP contribution < -0.4 is 4.90 Å². The van der Waals surface area contributed by atoms with Crippen molar-refractivity contribution < 1.29 is 0 Å². The fraction of sp³-hybridized carbons (Fsp3) is 0.0213. The summed E-state index contributed by atoms with van der Waals surface area (Å²) >= 11 is 3.77. The molecule has 0 N–H and O–H groups in total. The SMILES string of the molecule is c1ccc(N(c2ccc3c(c2)C2(c4ccccc4Sc4ccc5ccccc5c42)c2ccccc2-3)c2ccc3c(c2)sc2ccccc23)cc1. The maximum atomic E-state index is 2.50. The summed E-state index contributed by atoms with van der Waals surface area (Å²) in [6.45, 7) is 0. The fourth-order valence-corrected chi connectivity index (χ4v) is 11.0. The molecule has 1 unspecified atom stereocenters. The van der Waals surface area contributed by atoms with E-state index in [9.17, 15) is 0 Å². The Hall–Kier alpha value is -5.61. The second-order valence-electron chi connectivity index (χ2n) is 13.2. The van der Waals surface area contributed by atoms with E-state index >= 15 is 0 Å². The van der Waals surface area contributed by atoms with Crippen LogP contribution in [0.5, 0.6) is 0 Å². The molecular weight excluding hydrogens is 643 g/mol. The zero-order valence-electron chi connectivity index (χ0n) is 27.0. The predicted molar refractivity (Wildman–Crippen MR) is 213 cm³/mol. The molecule has 1 nitrogen and oxygen atoms in total. The second kappa shape index (κ2) is 10.7. The standard InChI is InChI=1S/C47H29NS2/c1-2-13-31(14-3-1)48(33-24-26-38-37-17-7-10-20-42(37)49-45(38)29-33)32-23-25-36-35-16-6-8-18-39(35)47(41(36)28-32)40-19-9-11-21-43(40)50-44-27-22-30-12-4-5-15-34(30)46(44)47/h1-29H. The lowest BCUT2D eigenvalue weighted by atomic mass is 9.66. The van der Waals surface area contributed by atoms with E-state index < -0.39 is 5.41 Å². The highest BCUT2D eigenvalue weighted by molar-refractivity contribution is 7.99. The first-order chi connectivity index (χ1) is 24.8. The first kappa shape index (κ1) is 28.3. The molecule has 2 heterocycles. The number of anilines is 3. The van der Waals surface area contributed by atoms with Gasteiger partial charge in [0.2, 0.25) is 0 Å². The summed E-state index contributed by atoms with van der Waals surface area (Å²) in [7, 11) is 0. The summed E-state index contributed by atoms with van der Waals surface area (Å²) < 4.78 is 2.62. The zero-order chi connectivity index (χ0) is 32.8. The van der Waals surface area contributed by atoms with Gasteiger partial charge >= 0.3 is 0 Å². The molecule has 0 fully saturated rings. The van der Waals surface area contributed by atoms with Crippen LogP contribution in [-0.2, 0) is 5.41 Å². The number of benzene rings is 8. The van der Waals surface area contributed by atoms with Crippen LogP contribution in [-0.4, -0.2) is 0 Å². The molecule has 2 aliphatic rings. The van der Waals surface area contributed by atoms with E-state index in [0.29, 0.717) is 0 Å². The summed E-state index contributed by atoms with van der Waals surface area (Å²) in [5.74, 6) is 0. The highest BCUT2D eigenvalue weighted by Crippen LogP contribution is 2.64. The Kier molecular flexibility index (Phi) is 6.04. The molecule has 1 aliphatic carbocycles. The number of para-hydroxylation sites is 1. The molecular formula is C47H29NS2. The maximum absolute atomic E-state index is 2.50. The van der Waals surface area contributed by atoms with Gasteiger partial charge in [0.25, 0.3) is 0 Å². The molecule has 1 aromatic heterocycles. The van der Waals surface area contributed by atoms with Crippen molar-refractivity contribution in [2.45, 2.75) is 15.2 Å². The third-order valence-electron chi connectivity index (χ3n) is 10.7. The molecule has 9 aromatic rings. The van der Waals surface area contributed by atoms with Gasteiger partial charge in [-0.2, -0.15) is 0 Å². The first-order valence-corrected chi connectivity index (χ1v) is 18.7. The molecule has 234 valence electrons. The minimum atomic E-state index is -0.474. The smallest absolute Gasteiger partial charge is 0.0742 e. The summed E-state index contributed by atoms with van der Waals surface area (Å²) in [6.07, 6.45) is 0. The average Bonchev–Trinajstić information content (AvgIpc) is 3.68. The lowest BCUT2D eigenvalue weighted by Gasteiger charge is -2.41. The largest absolute Gasteiger partial charge is 0.310 e. The molecule has 1 atom stereocenters. The molecule has 3 heteroatoms. The van der Waals surface area contributed by atoms with Crippen molar-refractivity contribution in [2.24, 2.45) is 0 Å². The van der Waals surface area contributed by atoms with Crippen molar-refractivity contribution in [2.75, 3.05) is 4.90 Å². The summed E-state index contributed by atoms with van der Waals surface area (Å²) in [5, 5.41) is 5.22. The van der Waals surface area contributed by atoms with Crippen molar-refractivity contribution in [3.8, 4) is 11.1 Å². The lowest BCUT2D eigenvalue weighted by molar-refractivity contribution is 0.730. The third kappa shape index (κ3) is 3.85. The Morgan fingerprint density at radius 1 is 0.400 bits per heavy atom. The molecule has 0 amide bonds. The Bertz CT molecular complexity index is 2810. The molecule has 1 spiro atoms. The van der Waals surface area contributed by atoms with E-state index in [1.165, 1.54) is 74.1 Å². The van der Waals surface area contributed by atoms with E-state index in [4.69, 9.17) is 0 Å². The van der Waals surface area contributed by atoms with Crippen LogP contribution in [0.4, 0.5) is 17.1 Å². The monoisotopic (exact) mass is 671 g/mol. The van der Waals surface area contributed by atoms with E-state index in [-0.39, 0.29) is 0 Å². The van der Waals surface area contributed by atoms with Gasteiger partial charge in [0, 0.05) is 47.0 Å². The number of hydrogen-bond acceptors (Lipinski definition) is 3. The number of fused-ring (bicyclic) bond motifs is 14. The van der Waals surface area contributed by atoms with Crippen LogP contribution in [0.2, 0.25) is 0 Å². The van der Waals surface area contributed by atoms with Crippen LogP contribution in [0, 0.1) is 0 Å². The molecule has 0 saturated carbocycles. The van der Waals surface area contributed by atoms with E-state index in [0.717, 1.165) is 17.1 Å². The quantitative estimate of drug-likeness (QED) is 0.184. The minimum absolute atomic E-state index is 0.474.